The van der Waals surface area contributed by atoms with Gasteiger partial charge in [0.25, 0.3) is 5.56 Å². The minimum Gasteiger partial charge on any atom is -0.268 e. The highest BCUT2D eigenvalue weighted by Gasteiger charge is 2.12. The molecule has 24 heavy (non-hydrogen) atoms. The van der Waals surface area contributed by atoms with Crippen LogP contribution < -0.4 is 5.56 Å². The van der Waals surface area contributed by atoms with Gasteiger partial charge in [-0.25, -0.2) is 14.5 Å². The van der Waals surface area contributed by atoms with Gasteiger partial charge in [-0.05, 0) is 29.1 Å². The smallest absolute Gasteiger partial charge is 0.266 e. The number of nitrogens with one attached hydrogen (secondary N) is 1. The molecule has 3 heterocycles. The summed E-state index contributed by atoms with van der Waals surface area (Å²) in [5.41, 5.74) is 1.58. The number of halogens is 1. The van der Waals surface area contributed by atoms with Crippen LogP contribution in [0, 0.1) is 0 Å². The lowest BCUT2D eigenvalue weighted by Gasteiger charge is -2.06. The van der Waals surface area contributed by atoms with Crippen LogP contribution in [0.25, 0.3) is 16.3 Å². The lowest BCUT2D eigenvalue weighted by Crippen LogP contribution is -2.04. The van der Waals surface area contributed by atoms with E-state index in [1.165, 1.54) is 11.6 Å². The van der Waals surface area contributed by atoms with E-state index in [1.807, 2.05) is 29.6 Å². The molecule has 0 amide bonds. The van der Waals surface area contributed by atoms with Gasteiger partial charge >= 0.3 is 0 Å². The number of benzene rings is 1. The normalized spacial score (nSPS) is 11.2. The summed E-state index contributed by atoms with van der Waals surface area (Å²) < 4.78 is 2.69. The van der Waals surface area contributed by atoms with E-state index < -0.39 is 0 Å². The number of nitrogens with zero attached hydrogens (tertiary/aromatic N) is 3. The van der Waals surface area contributed by atoms with Crippen LogP contribution in [0.3, 0.4) is 0 Å². The fourth-order valence-electron chi connectivity index (χ4n) is 2.23. The van der Waals surface area contributed by atoms with Crippen LogP contribution in [0.4, 0.5) is 0 Å². The van der Waals surface area contributed by atoms with Crippen molar-refractivity contribution in [2.24, 2.45) is 0 Å². The van der Waals surface area contributed by atoms with Gasteiger partial charge in [0, 0.05) is 16.3 Å². The summed E-state index contributed by atoms with van der Waals surface area (Å²) in [6.07, 6.45) is 0. The highest BCUT2D eigenvalue weighted by Crippen LogP contribution is 2.26. The third-order valence-corrected chi connectivity index (χ3v) is 5.75. The van der Waals surface area contributed by atoms with Crippen molar-refractivity contribution in [2.75, 3.05) is 0 Å². The molecule has 0 bridgehead atoms. The number of rotatable bonds is 4. The van der Waals surface area contributed by atoms with E-state index in [4.69, 9.17) is 0 Å². The quantitative estimate of drug-likeness (QED) is 0.504. The number of hydrogen-bond acceptors (Lipinski definition) is 5. The van der Waals surface area contributed by atoms with E-state index >= 15 is 0 Å². The Morgan fingerprint density at radius 2 is 2.04 bits per heavy atom. The van der Waals surface area contributed by atoms with Crippen LogP contribution >= 0.6 is 39.0 Å². The highest BCUT2D eigenvalue weighted by molar-refractivity contribution is 9.10. The minimum atomic E-state index is -0.182. The second kappa shape index (κ2) is 6.54. The van der Waals surface area contributed by atoms with E-state index in [-0.39, 0.29) is 5.56 Å². The fourth-order valence-corrected chi connectivity index (χ4v) is 4.05. The summed E-state index contributed by atoms with van der Waals surface area (Å²) >= 11 is 6.58. The minimum absolute atomic E-state index is 0.182. The first-order valence-electron chi connectivity index (χ1n) is 7.10. The maximum absolute atomic E-state index is 11.7. The van der Waals surface area contributed by atoms with Gasteiger partial charge in [-0.15, -0.1) is 11.3 Å². The average Bonchev–Trinajstić information content (AvgIpc) is 3.22. The summed E-state index contributed by atoms with van der Waals surface area (Å²) in [6.45, 7) is 0. The monoisotopic (exact) mass is 418 g/mol. The molecule has 0 atom stereocenters. The van der Waals surface area contributed by atoms with Gasteiger partial charge in [0.2, 0.25) is 0 Å². The number of hydrogen-bond donors (Lipinski definition) is 1. The molecule has 4 aromatic rings. The molecule has 5 nitrogen and oxygen atoms in total. The molecule has 3 aromatic heterocycles. The van der Waals surface area contributed by atoms with Gasteiger partial charge in [0.05, 0.1) is 4.88 Å². The third-order valence-electron chi connectivity index (χ3n) is 3.35. The zero-order valence-electron chi connectivity index (χ0n) is 12.3. The summed E-state index contributed by atoms with van der Waals surface area (Å²) in [4.78, 5) is 21.8. The Bertz CT molecular complexity index is 1040. The SMILES string of the molecule is O=c1cc2nc(-c3cccs3)nc(SCc3ccc(Br)cc3)n2[nH]1. The molecular formula is C16H11BrN4OS2. The highest BCUT2D eigenvalue weighted by atomic mass is 79.9. The predicted octanol–water partition coefficient (Wildman–Crippen LogP) is 4.20. The molecule has 1 N–H and O–H groups in total. The molecule has 0 aliphatic heterocycles. The first-order chi connectivity index (χ1) is 11.7. The molecule has 0 saturated carbocycles. The molecule has 8 heteroatoms. The number of aromatic amines is 1. The van der Waals surface area contributed by atoms with Gasteiger partial charge in [0.1, 0.15) is 0 Å². The number of thioether (sulfide) groups is 1. The van der Waals surface area contributed by atoms with E-state index in [1.54, 1.807) is 27.6 Å². The van der Waals surface area contributed by atoms with Gasteiger partial charge < -0.3 is 0 Å². The standard InChI is InChI=1S/C16H11BrN4OS2/c17-11-5-3-10(4-6-11)9-24-16-19-15(12-2-1-7-23-12)18-13-8-14(22)20-21(13)16/h1-8H,9H2,(H,20,22). The topological polar surface area (TPSA) is 63.1 Å². The maximum atomic E-state index is 11.7. The molecular weight excluding hydrogens is 408 g/mol. The second-order valence-corrected chi connectivity index (χ2v) is 7.84. The van der Waals surface area contributed by atoms with Crippen LogP contribution in [0.2, 0.25) is 0 Å². The molecule has 0 spiro atoms. The fraction of sp³-hybridized carbons (Fsp3) is 0.0625. The van der Waals surface area contributed by atoms with Crippen molar-refractivity contribution in [3.63, 3.8) is 0 Å². The van der Waals surface area contributed by atoms with Gasteiger partial charge in [-0.2, -0.15) is 0 Å². The first-order valence-corrected chi connectivity index (χ1v) is 9.76. The maximum Gasteiger partial charge on any atom is 0.266 e. The van der Waals surface area contributed by atoms with E-state index in [0.29, 0.717) is 16.6 Å². The van der Waals surface area contributed by atoms with E-state index in [2.05, 4.69) is 43.1 Å². The van der Waals surface area contributed by atoms with E-state index in [9.17, 15) is 4.79 Å². The van der Waals surface area contributed by atoms with Crippen LogP contribution in [-0.2, 0) is 5.75 Å². The number of H-pyrrole nitrogens is 1. The van der Waals surface area contributed by atoms with Crippen molar-refractivity contribution in [1.29, 1.82) is 0 Å². The summed E-state index contributed by atoms with van der Waals surface area (Å²) in [7, 11) is 0. The Hall–Kier alpha value is -1.90. The first kappa shape index (κ1) is 15.6. The molecule has 120 valence electrons. The third kappa shape index (κ3) is 3.17. The number of thiophene rings is 1. The molecule has 0 saturated heterocycles. The van der Waals surface area contributed by atoms with Crippen LogP contribution in [-0.4, -0.2) is 19.6 Å². The lowest BCUT2D eigenvalue weighted by molar-refractivity contribution is 0.767. The zero-order valence-corrected chi connectivity index (χ0v) is 15.5. The Kier molecular flexibility index (Phi) is 4.26. The van der Waals surface area contributed by atoms with E-state index in [0.717, 1.165) is 15.1 Å². The number of aromatic nitrogens is 4. The molecule has 0 radical (unpaired) electrons. The van der Waals surface area contributed by atoms with Crippen molar-refractivity contribution < 1.29 is 0 Å². The second-order valence-electron chi connectivity index (χ2n) is 5.04. The van der Waals surface area contributed by atoms with Gasteiger partial charge in [0.15, 0.2) is 16.6 Å². The summed E-state index contributed by atoms with van der Waals surface area (Å²) in [5, 5.41) is 5.46. The van der Waals surface area contributed by atoms with Crippen molar-refractivity contribution in [2.45, 2.75) is 10.9 Å². The predicted molar refractivity (Wildman–Crippen MR) is 101 cm³/mol. The molecule has 1 aromatic carbocycles. The molecule has 0 aliphatic carbocycles. The van der Waals surface area contributed by atoms with Crippen molar-refractivity contribution in [3.8, 4) is 10.7 Å². The Balaban J connectivity index is 1.72. The molecule has 0 fully saturated rings. The molecule has 0 unspecified atom stereocenters. The Morgan fingerprint density at radius 3 is 2.79 bits per heavy atom. The Morgan fingerprint density at radius 1 is 1.21 bits per heavy atom. The number of fused-ring (bicyclic) bond motifs is 1. The zero-order chi connectivity index (χ0) is 16.5. The molecule has 4 rings (SSSR count). The summed E-state index contributed by atoms with van der Waals surface area (Å²) in [5.74, 6) is 1.39. The largest absolute Gasteiger partial charge is 0.268 e. The molecule has 0 aliphatic rings. The van der Waals surface area contributed by atoms with Crippen LogP contribution in [0.1, 0.15) is 5.56 Å². The van der Waals surface area contributed by atoms with Crippen molar-refractivity contribution >= 4 is 44.7 Å². The van der Waals surface area contributed by atoms with Crippen molar-refractivity contribution in [3.05, 3.63) is 68.2 Å². The average molecular weight is 419 g/mol. The Labute approximate surface area is 153 Å². The van der Waals surface area contributed by atoms with Gasteiger partial charge in [-0.1, -0.05) is 45.9 Å². The lowest BCUT2D eigenvalue weighted by atomic mass is 10.2. The summed E-state index contributed by atoms with van der Waals surface area (Å²) in [6, 6.07) is 13.6. The van der Waals surface area contributed by atoms with Crippen molar-refractivity contribution in [1.82, 2.24) is 19.6 Å². The van der Waals surface area contributed by atoms with Gasteiger partial charge in [-0.3, -0.25) is 9.89 Å². The van der Waals surface area contributed by atoms with Crippen LogP contribution in [0.15, 0.2) is 62.3 Å². The van der Waals surface area contributed by atoms with Crippen LogP contribution in [0.5, 0.6) is 0 Å².